The number of benzene rings is 1. The summed E-state index contributed by atoms with van der Waals surface area (Å²) >= 11 is 0. The fourth-order valence-corrected chi connectivity index (χ4v) is 2.30. The van der Waals surface area contributed by atoms with Crippen molar-refractivity contribution in [2.45, 2.75) is 6.92 Å². The number of aryl methyl sites for hydroxylation is 1. The van der Waals surface area contributed by atoms with E-state index in [0.717, 1.165) is 17.0 Å². The zero-order chi connectivity index (χ0) is 16.2. The Bertz CT molecular complexity index is 866. The van der Waals surface area contributed by atoms with E-state index in [1.165, 1.54) is 0 Å². The van der Waals surface area contributed by atoms with Crippen LogP contribution in [-0.2, 0) is 0 Å². The van der Waals surface area contributed by atoms with Crippen LogP contribution in [0, 0.1) is 6.92 Å². The Morgan fingerprint density at radius 3 is 2.78 bits per heavy atom. The summed E-state index contributed by atoms with van der Waals surface area (Å²) in [6.45, 7) is 1.80. The first-order valence-electron chi connectivity index (χ1n) is 7.10. The van der Waals surface area contributed by atoms with Crippen LogP contribution in [0.4, 0.5) is 0 Å². The molecule has 6 heteroatoms. The van der Waals surface area contributed by atoms with Crippen molar-refractivity contribution in [3.63, 3.8) is 0 Å². The van der Waals surface area contributed by atoms with E-state index >= 15 is 0 Å². The highest BCUT2D eigenvalue weighted by atomic mass is 16.5. The quantitative estimate of drug-likeness (QED) is 0.594. The minimum absolute atomic E-state index is 0.300. The van der Waals surface area contributed by atoms with Crippen molar-refractivity contribution in [2.24, 2.45) is 5.10 Å². The lowest BCUT2D eigenvalue weighted by Gasteiger charge is -2.02. The molecule has 0 atom stereocenters. The summed E-state index contributed by atoms with van der Waals surface area (Å²) < 4.78 is 6.83. The van der Waals surface area contributed by atoms with E-state index in [9.17, 15) is 4.79 Å². The van der Waals surface area contributed by atoms with E-state index in [2.05, 4.69) is 15.5 Å². The minimum Gasteiger partial charge on any atom is -0.497 e. The van der Waals surface area contributed by atoms with Gasteiger partial charge in [0.05, 0.1) is 19.0 Å². The first-order chi connectivity index (χ1) is 11.2. The maximum absolute atomic E-state index is 12.3. The van der Waals surface area contributed by atoms with Gasteiger partial charge < -0.3 is 4.74 Å². The second-order valence-corrected chi connectivity index (χ2v) is 4.95. The molecule has 0 bridgehead atoms. The summed E-state index contributed by atoms with van der Waals surface area (Å²) in [5.74, 6) is 0.471. The van der Waals surface area contributed by atoms with Crippen molar-refractivity contribution < 1.29 is 9.53 Å². The van der Waals surface area contributed by atoms with Crippen molar-refractivity contribution in [2.75, 3.05) is 7.11 Å². The molecule has 1 aromatic carbocycles. The molecule has 2 heterocycles. The number of methoxy groups -OCH3 is 1. The molecule has 3 aromatic rings. The predicted molar refractivity (Wildman–Crippen MR) is 88.0 cm³/mol. The molecule has 2 aromatic heterocycles. The normalized spacial score (nSPS) is 11.0. The van der Waals surface area contributed by atoms with Crippen molar-refractivity contribution >= 4 is 17.8 Å². The topological polar surface area (TPSA) is 68.0 Å². The van der Waals surface area contributed by atoms with Crippen molar-refractivity contribution in [1.82, 2.24) is 14.8 Å². The second-order valence-electron chi connectivity index (χ2n) is 4.95. The van der Waals surface area contributed by atoms with Crippen LogP contribution in [0.5, 0.6) is 5.75 Å². The van der Waals surface area contributed by atoms with E-state index in [1.807, 2.05) is 42.5 Å². The molecule has 0 spiro atoms. The summed E-state index contributed by atoms with van der Waals surface area (Å²) in [6.07, 6.45) is 3.38. The molecule has 0 aliphatic heterocycles. The Morgan fingerprint density at radius 2 is 2.04 bits per heavy atom. The number of rotatable bonds is 4. The first kappa shape index (κ1) is 14.8. The fraction of sp³-hybridized carbons (Fsp3) is 0.118. The van der Waals surface area contributed by atoms with Crippen LogP contribution in [0.25, 0.3) is 5.65 Å². The number of ether oxygens (including phenoxy) is 1. The van der Waals surface area contributed by atoms with Gasteiger partial charge in [-0.15, -0.1) is 0 Å². The largest absolute Gasteiger partial charge is 0.497 e. The maximum Gasteiger partial charge on any atom is 0.290 e. The van der Waals surface area contributed by atoms with Gasteiger partial charge in [-0.05, 0) is 48.9 Å². The number of hydrazone groups is 1. The monoisotopic (exact) mass is 308 g/mol. The van der Waals surface area contributed by atoms with Gasteiger partial charge in [-0.1, -0.05) is 6.07 Å². The predicted octanol–water partition coefficient (Wildman–Crippen LogP) is 2.42. The number of fused-ring (bicyclic) bond motifs is 1. The summed E-state index contributed by atoms with van der Waals surface area (Å²) in [7, 11) is 1.61. The van der Waals surface area contributed by atoms with Gasteiger partial charge in [-0.2, -0.15) is 5.10 Å². The Morgan fingerprint density at radius 1 is 1.26 bits per heavy atom. The van der Waals surface area contributed by atoms with Gasteiger partial charge in [0.2, 0.25) is 0 Å². The summed E-state index contributed by atoms with van der Waals surface area (Å²) in [5, 5.41) is 3.99. The summed E-state index contributed by atoms with van der Waals surface area (Å²) in [4.78, 5) is 16.7. The number of carbonyl (C=O) groups excluding carboxylic acids is 1. The molecular weight excluding hydrogens is 292 g/mol. The number of hydrogen-bond acceptors (Lipinski definition) is 4. The molecule has 3 rings (SSSR count). The highest BCUT2D eigenvalue weighted by molar-refractivity contribution is 5.95. The molecule has 0 aliphatic carbocycles. The number of hydrogen-bond donors (Lipinski definition) is 1. The Kier molecular flexibility index (Phi) is 4.05. The first-order valence-corrected chi connectivity index (χ1v) is 7.10. The molecule has 6 nitrogen and oxygen atoms in total. The van der Waals surface area contributed by atoms with E-state index in [4.69, 9.17) is 4.74 Å². The van der Waals surface area contributed by atoms with Gasteiger partial charge >= 0.3 is 0 Å². The van der Waals surface area contributed by atoms with E-state index in [1.54, 1.807) is 30.8 Å². The van der Waals surface area contributed by atoms with E-state index in [-0.39, 0.29) is 5.91 Å². The van der Waals surface area contributed by atoms with Gasteiger partial charge in [0.15, 0.2) is 0 Å². The van der Waals surface area contributed by atoms with Gasteiger partial charge in [-0.25, -0.2) is 10.4 Å². The van der Waals surface area contributed by atoms with E-state index in [0.29, 0.717) is 11.4 Å². The highest BCUT2D eigenvalue weighted by Gasteiger charge is 2.15. The molecule has 1 amide bonds. The molecule has 0 unspecified atom stereocenters. The number of nitrogens with zero attached hydrogens (tertiary/aromatic N) is 3. The standard InChI is InChI=1S/C17H16N4O2/c1-12-16(21-10-4-3-5-15(21)19-12)17(22)20-18-11-13-6-8-14(23-2)9-7-13/h3-11H,1-2H3,(H,20,22)/b18-11-. The van der Waals surface area contributed by atoms with Gasteiger partial charge in [0, 0.05) is 6.20 Å². The van der Waals surface area contributed by atoms with Crippen LogP contribution in [0.3, 0.4) is 0 Å². The van der Waals surface area contributed by atoms with E-state index < -0.39 is 0 Å². The van der Waals surface area contributed by atoms with Crippen LogP contribution in [0.15, 0.2) is 53.8 Å². The fourth-order valence-electron chi connectivity index (χ4n) is 2.30. The lowest BCUT2D eigenvalue weighted by Crippen LogP contribution is -2.20. The van der Waals surface area contributed by atoms with Crippen LogP contribution in [-0.4, -0.2) is 28.6 Å². The lowest BCUT2D eigenvalue weighted by molar-refractivity contribution is 0.0948. The number of aromatic nitrogens is 2. The van der Waals surface area contributed by atoms with Crippen molar-refractivity contribution in [3.8, 4) is 5.75 Å². The number of pyridine rings is 1. The zero-order valence-corrected chi connectivity index (χ0v) is 12.9. The van der Waals surface area contributed by atoms with Crippen molar-refractivity contribution in [1.29, 1.82) is 0 Å². The summed E-state index contributed by atoms with van der Waals surface area (Å²) in [6, 6.07) is 13.0. The third-order valence-electron chi connectivity index (χ3n) is 3.41. The summed E-state index contributed by atoms with van der Waals surface area (Å²) in [5.41, 5.74) is 5.27. The molecule has 0 fully saturated rings. The average Bonchev–Trinajstić information content (AvgIpc) is 2.91. The number of amides is 1. The number of nitrogens with one attached hydrogen (secondary N) is 1. The Labute approximate surface area is 133 Å². The van der Waals surface area contributed by atoms with Gasteiger partial charge in [0.1, 0.15) is 17.1 Å². The SMILES string of the molecule is COc1ccc(/C=N\NC(=O)c2c(C)nc3ccccn23)cc1. The molecule has 0 radical (unpaired) electrons. The van der Waals surface area contributed by atoms with Gasteiger partial charge in [0.25, 0.3) is 5.91 Å². The van der Waals surface area contributed by atoms with Crippen LogP contribution in [0.2, 0.25) is 0 Å². The van der Waals surface area contributed by atoms with Crippen LogP contribution >= 0.6 is 0 Å². The zero-order valence-electron chi connectivity index (χ0n) is 12.9. The number of carbonyl (C=O) groups is 1. The molecule has 23 heavy (non-hydrogen) atoms. The average molecular weight is 308 g/mol. The van der Waals surface area contributed by atoms with Crippen LogP contribution in [0.1, 0.15) is 21.7 Å². The second kappa shape index (κ2) is 6.31. The third kappa shape index (κ3) is 3.06. The lowest BCUT2D eigenvalue weighted by atomic mass is 10.2. The molecule has 116 valence electrons. The smallest absolute Gasteiger partial charge is 0.290 e. The molecule has 1 N–H and O–H groups in total. The Hall–Kier alpha value is -3.15. The van der Waals surface area contributed by atoms with Crippen molar-refractivity contribution in [3.05, 3.63) is 65.6 Å². The van der Waals surface area contributed by atoms with Crippen LogP contribution < -0.4 is 10.2 Å². The molecule has 0 saturated heterocycles. The minimum atomic E-state index is -0.300. The maximum atomic E-state index is 12.3. The molecule has 0 saturated carbocycles. The number of imidazole rings is 1. The molecular formula is C17H16N4O2. The van der Waals surface area contributed by atoms with Gasteiger partial charge in [-0.3, -0.25) is 9.20 Å². The highest BCUT2D eigenvalue weighted by Crippen LogP contribution is 2.12. The molecule has 0 aliphatic rings. The Balaban J connectivity index is 1.75. The third-order valence-corrected chi connectivity index (χ3v) is 3.41.